The van der Waals surface area contributed by atoms with Crippen LogP contribution in [0.5, 0.6) is 0 Å². The van der Waals surface area contributed by atoms with Crippen molar-refractivity contribution in [1.29, 1.82) is 0 Å². The number of carbonyl (C=O) groups is 1. The summed E-state index contributed by atoms with van der Waals surface area (Å²) in [5.41, 5.74) is 11.2. The van der Waals surface area contributed by atoms with Gasteiger partial charge < -0.3 is 0 Å². The van der Waals surface area contributed by atoms with Crippen molar-refractivity contribution in [2.45, 2.75) is 89.0 Å². The van der Waals surface area contributed by atoms with Crippen molar-refractivity contribution in [3.8, 4) is 0 Å². The van der Waals surface area contributed by atoms with Gasteiger partial charge in [-0.2, -0.15) is 8.78 Å². The summed E-state index contributed by atoms with van der Waals surface area (Å²) in [6.45, 7) is 23.6. The predicted molar refractivity (Wildman–Crippen MR) is 151 cm³/mol. The zero-order valence-corrected chi connectivity index (χ0v) is 24.2. The molecular formula is C34H36F2O. The van der Waals surface area contributed by atoms with Crippen LogP contribution in [-0.4, -0.2) is 5.78 Å². The molecule has 0 aliphatic heterocycles. The fourth-order valence-electron chi connectivity index (χ4n) is 7.35. The number of ketones is 1. The molecule has 4 aromatic carbocycles. The maximum Gasteiger partial charge on any atom is 0.300 e. The third-order valence-electron chi connectivity index (χ3n) is 9.96. The molecule has 0 saturated carbocycles. The van der Waals surface area contributed by atoms with E-state index in [1.165, 1.54) is 0 Å². The minimum absolute atomic E-state index is 0.110. The fraction of sp³-hybridized carbons (Fsp3) is 0.382. The van der Waals surface area contributed by atoms with Crippen molar-refractivity contribution < 1.29 is 13.6 Å². The third kappa shape index (κ3) is 2.86. The van der Waals surface area contributed by atoms with Gasteiger partial charge in [0.15, 0.2) is 5.78 Å². The van der Waals surface area contributed by atoms with Crippen LogP contribution in [0.4, 0.5) is 8.78 Å². The molecule has 0 amide bonds. The Hall–Kier alpha value is -3.07. The number of alkyl halides is 2. The van der Waals surface area contributed by atoms with Gasteiger partial charge in [-0.25, -0.2) is 0 Å². The highest BCUT2D eigenvalue weighted by molar-refractivity contribution is 6.20. The van der Waals surface area contributed by atoms with Crippen molar-refractivity contribution in [1.82, 2.24) is 0 Å². The number of hydrogen-bond donors (Lipinski definition) is 0. The lowest BCUT2D eigenvalue weighted by Crippen LogP contribution is -2.32. The van der Waals surface area contributed by atoms with Crippen molar-refractivity contribution in [2.75, 3.05) is 0 Å². The first-order valence-corrected chi connectivity index (χ1v) is 13.1. The van der Waals surface area contributed by atoms with E-state index >= 15 is 8.78 Å². The van der Waals surface area contributed by atoms with Crippen LogP contribution >= 0.6 is 0 Å². The molecular weight excluding hydrogens is 462 g/mol. The van der Waals surface area contributed by atoms with E-state index in [1.54, 1.807) is 13.8 Å². The van der Waals surface area contributed by atoms with Crippen LogP contribution in [0.1, 0.15) is 93.8 Å². The molecule has 0 heterocycles. The number of halogens is 2. The van der Waals surface area contributed by atoms with Crippen LogP contribution in [0.15, 0.2) is 0 Å². The second-order valence-corrected chi connectivity index (χ2v) is 11.4. The van der Waals surface area contributed by atoms with Gasteiger partial charge >= 0.3 is 0 Å². The maximum absolute atomic E-state index is 17.0. The zero-order valence-electron chi connectivity index (χ0n) is 24.2. The topological polar surface area (TPSA) is 17.1 Å². The van der Waals surface area contributed by atoms with E-state index in [0.717, 1.165) is 66.1 Å². The minimum Gasteiger partial charge on any atom is -0.289 e. The maximum atomic E-state index is 17.0. The molecule has 0 fully saturated rings. The quantitative estimate of drug-likeness (QED) is 0.236. The lowest BCUT2D eigenvalue weighted by Gasteiger charge is -2.35. The summed E-state index contributed by atoms with van der Waals surface area (Å²) in [5.74, 6) is -3.56. The van der Waals surface area contributed by atoms with Gasteiger partial charge in [0.2, 0.25) is 0 Å². The number of benzene rings is 4. The molecule has 0 bridgehead atoms. The van der Waals surface area contributed by atoms with Crippen molar-refractivity contribution in [2.24, 2.45) is 0 Å². The number of rotatable bonds is 0. The summed E-state index contributed by atoms with van der Waals surface area (Å²) in [6.07, 6.45) is 0. The Kier molecular flexibility index (Phi) is 5.34. The monoisotopic (exact) mass is 498 g/mol. The van der Waals surface area contributed by atoms with Crippen molar-refractivity contribution in [3.05, 3.63) is 89.0 Å². The van der Waals surface area contributed by atoms with Gasteiger partial charge in [-0.3, -0.25) is 4.79 Å². The summed E-state index contributed by atoms with van der Waals surface area (Å²) < 4.78 is 33.9. The van der Waals surface area contributed by atoms with E-state index in [0.29, 0.717) is 22.3 Å². The van der Waals surface area contributed by atoms with Crippen molar-refractivity contribution in [3.63, 3.8) is 0 Å². The Morgan fingerprint density at radius 2 is 0.622 bits per heavy atom. The average Bonchev–Trinajstić information content (AvgIpc) is 2.83. The van der Waals surface area contributed by atoms with Gasteiger partial charge in [0.05, 0.1) is 0 Å². The Balaban J connectivity index is 2.07. The second-order valence-electron chi connectivity index (χ2n) is 11.4. The molecule has 0 saturated heterocycles. The first kappa shape index (κ1) is 25.6. The molecule has 37 heavy (non-hydrogen) atoms. The average molecular weight is 499 g/mol. The second kappa shape index (κ2) is 7.72. The summed E-state index contributed by atoms with van der Waals surface area (Å²) >= 11 is 0. The molecule has 4 aromatic rings. The van der Waals surface area contributed by atoms with Crippen molar-refractivity contribution >= 4 is 27.3 Å². The van der Waals surface area contributed by atoms with Crippen LogP contribution in [0.3, 0.4) is 0 Å². The van der Waals surface area contributed by atoms with E-state index in [2.05, 4.69) is 27.7 Å². The minimum atomic E-state index is -3.29. The molecule has 192 valence electrons. The first-order valence-electron chi connectivity index (χ1n) is 13.1. The predicted octanol–water partition coefficient (Wildman–Crippen LogP) is 9.38. The number of carbonyl (C=O) groups excluding carboxylic acids is 1. The number of aryl methyl sites for hydroxylation is 8. The van der Waals surface area contributed by atoms with Gasteiger partial charge in [-0.15, -0.1) is 0 Å². The van der Waals surface area contributed by atoms with Crippen LogP contribution < -0.4 is 0 Å². The van der Waals surface area contributed by atoms with E-state index in [9.17, 15) is 4.79 Å². The SMILES string of the molecule is Cc1c(C)c(C)c2c(C)c3c(c(C)c2c1C)C(=O)c1c(c(C)c2c(C)c(C)c(C)c(C)c2c1C)C3(F)F. The van der Waals surface area contributed by atoms with Crippen LogP contribution in [0.2, 0.25) is 0 Å². The van der Waals surface area contributed by atoms with E-state index in [1.807, 2.05) is 41.5 Å². The summed E-state index contributed by atoms with van der Waals surface area (Å²) in [6, 6.07) is 0. The largest absolute Gasteiger partial charge is 0.300 e. The van der Waals surface area contributed by atoms with E-state index < -0.39 is 5.92 Å². The Bertz CT molecular complexity index is 1640. The lowest BCUT2D eigenvalue weighted by molar-refractivity contribution is 0.0365. The molecule has 0 aromatic heterocycles. The highest BCUT2D eigenvalue weighted by Gasteiger charge is 2.49. The summed E-state index contributed by atoms with van der Waals surface area (Å²) in [7, 11) is 0. The highest BCUT2D eigenvalue weighted by Crippen LogP contribution is 2.53. The summed E-state index contributed by atoms with van der Waals surface area (Å²) in [4.78, 5) is 14.4. The van der Waals surface area contributed by atoms with Crippen LogP contribution in [0, 0.1) is 83.1 Å². The third-order valence-corrected chi connectivity index (χ3v) is 9.96. The molecule has 0 unspecified atom stereocenters. The molecule has 0 N–H and O–H groups in total. The van der Waals surface area contributed by atoms with Crippen LogP contribution in [0.25, 0.3) is 21.5 Å². The van der Waals surface area contributed by atoms with Gasteiger partial charge in [-0.05, 0) is 171 Å². The first-order chi connectivity index (χ1) is 17.1. The number of fused-ring (bicyclic) bond motifs is 4. The highest BCUT2D eigenvalue weighted by atomic mass is 19.3. The Morgan fingerprint density at radius 3 is 0.892 bits per heavy atom. The molecule has 5 rings (SSSR count). The summed E-state index contributed by atoms with van der Waals surface area (Å²) in [5, 5.41) is 3.61. The Labute approximate surface area is 218 Å². The molecule has 1 nitrogen and oxygen atoms in total. The van der Waals surface area contributed by atoms with Gasteiger partial charge in [0.25, 0.3) is 5.92 Å². The van der Waals surface area contributed by atoms with Gasteiger partial charge in [0.1, 0.15) is 0 Å². The molecule has 0 atom stereocenters. The van der Waals surface area contributed by atoms with Crippen LogP contribution in [-0.2, 0) is 5.92 Å². The van der Waals surface area contributed by atoms with Gasteiger partial charge in [0, 0.05) is 22.3 Å². The Morgan fingerprint density at radius 1 is 0.378 bits per heavy atom. The van der Waals surface area contributed by atoms with E-state index in [4.69, 9.17) is 0 Å². The number of hydrogen-bond acceptors (Lipinski definition) is 1. The molecule has 1 aliphatic rings. The smallest absolute Gasteiger partial charge is 0.289 e. The molecule has 3 heteroatoms. The molecule has 0 spiro atoms. The van der Waals surface area contributed by atoms with E-state index in [-0.39, 0.29) is 28.0 Å². The van der Waals surface area contributed by atoms with Gasteiger partial charge in [-0.1, -0.05) is 0 Å². The normalized spacial score (nSPS) is 14.5. The molecule has 0 radical (unpaired) electrons. The standard InChI is InChI=1S/C34H36F2O/c1-13-15(3)19(7)27-23(11)31-29(21(9)25(27)17(13)5)33(37)30-22(10)26-18(6)14(2)16(4)20(8)28(26)24(12)32(30)34(31,35)36/h1-12H3. The lowest BCUT2D eigenvalue weighted by atomic mass is 9.70. The zero-order chi connectivity index (χ0) is 27.6. The molecule has 1 aliphatic carbocycles. The fourth-order valence-corrected chi connectivity index (χ4v) is 7.35.